The molecule has 0 aliphatic heterocycles. The van der Waals surface area contributed by atoms with Crippen molar-refractivity contribution in [3.63, 3.8) is 0 Å². The van der Waals surface area contributed by atoms with Crippen LogP contribution < -0.4 is 14.9 Å². The molecule has 2 aromatic carbocycles. The van der Waals surface area contributed by atoms with E-state index < -0.39 is 0 Å². The molecule has 5 heteroatoms. The summed E-state index contributed by atoms with van der Waals surface area (Å²) >= 11 is 5.60. The molecule has 3 N–H and O–H groups in total. The summed E-state index contributed by atoms with van der Waals surface area (Å²) in [5.41, 5.74) is 2.72. The molecule has 0 aliphatic carbocycles. The molecule has 4 nitrogen and oxygen atoms in total. The molecule has 2 aromatic rings. The van der Waals surface area contributed by atoms with Crippen molar-refractivity contribution in [2.24, 2.45) is 5.92 Å². The molecule has 2 rings (SSSR count). The Morgan fingerprint density at radius 1 is 1.22 bits per heavy atom. The lowest BCUT2D eigenvalue weighted by Gasteiger charge is -2.14. The number of halogens is 1. The molecule has 0 saturated carbocycles. The van der Waals surface area contributed by atoms with Crippen molar-refractivity contribution in [3.05, 3.63) is 53.6 Å². The lowest BCUT2D eigenvalue weighted by atomic mass is 10.1. The van der Waals surface area contributed by atoms with Gasteiger partial charge >= 0.3 is 0 Å². The van der Waals surface area contributed by atoms with Gasteiger partial charge in [0.15, 0.2) is 0 Å². The zero-order valence-electron chi connectivity index (χ0n) is 13.4. The first-order chi connectivity index (χ1) is 11.1. The van der Waals surface area contributed by atoms with E-state index in [1.54, 1.807) is 0 Å². The molecule has 0 aliphatic rings. The first kappa shape index (κ1) is 17.3. The second-order valence-electron chi connectivity index (χ2n) is 5.69. The number of hydrogen-bond acceptors (Lipinski definition) is 4. The van der Waals surface area contributed by atoms with Gasteiger partial charge in [-0.2, -0.15) is 0 Å². The maximum atomic E-state index is 7.61. The zero-order chi connectivity index (χ0) is 16.7. The number of hydrogen-bond donors (Lipinski definition) is 3. The van der Waals surface area contributed by atoms with Gasteiger partial charge in [-0.3, -0.25) is 0 Å². The summed E-state index contributed by atoms with van der Waals surface area (Å²) in [5, 5.41) is 11.0. The zero-order valence-corrected chi connectivity index (χ0v) is 14.2. The molecule has 0 radical (unpaired) electrons. The lowest BCUT2D eigenvalue weighted by Crippen LogP contribution is -2.09. The van der Waals surface area contributed by atoms with Crippen LogP contribution >= 0.6 is 11.8 Å². The molecule has 23 heavy (non-hydrogen) atoms. The van der Waals surface area contributed by atoms with Gasteiger partial charge in [0.1, 0.15) is 11.5 Å². The Morgan fingerprint density at radius 2 is 2.00 bits per heavy atom. The molecule has 0 unspecified atom stereocenters. The molecule has 0 amide bonds. The third kappa shape index (κ3) is 4.98. The number of para-hydroxylation sites is 1. The maximum Gasteiger partial charge on any atom is 0.131 e. The fourth-order valence-electron chi connectivity index (χ4n) is 2.15. The number of anilines is 1. The smallest absolute Gasteiger partial charge is 0.131 e. The van der Waals surface area contributed by atoms with Crippen molar-refractivity contribution >= 4 is 23.7 Å². The van der Waals surface area contributed by atoms with Gasteiger partial charge in [-0.15, -0.1) is 0 Å². The predicted octanol–water partition coefficient (Wildman–Crippen LogP) is 4.79. The molecule has 0 aromatic heterocycles. The number of nitrogens with one attached hydrogen (secondary N) is 3. The van der Waals surface area contributed by atoms with Crippen molar-refractivity contribution in [2.75, 3.05) is 11.9 Å². The maximum absolute atomic E-state index is 7.61. The monoisotopic (exact) mass is 331 g/mol. The summed E-state index contributed by atoms with van der Waals surface area (Å²) in [6.07, 6.45) is 1.34. The van der Waals surface area contributed by atoms with Crippen molar-refractivity contribution in [1.29, 1.82) is 5.41 Å². The summed E-state index contributed by atoms with van der Waals surface area (Å²) in [6, 6.07) is 13.4. The van der Waals surface area contributed by atoms with E-state index in [4.69, 9.17) is 21.9 Å². The standard InChI is InChI=1S/C18H22ClN3O/c1-13(2)11-21-17-8-7-16(9-15(17)10-20)23-18-6-4-3-5-14(18)12-22-19/h3-10,13,20-22H,11-12H2,1-2H3. The van der Waals surface area contributed by atoms with Gasteiger partial charge < -0.3 is 15.5 Å². The average Bonchev–Trinajstić information content (AvgIpc) is 2.55. The highest BCUT2D eigenvalue weighted by atomic mass is 35.5. The second kappa shape index (κ2) is 8.56. The van der Waals surface area contributed by atoms with Crippen LogP contribution in [-0.4, -0.2) is 12.8 Å². The molecule has 0 atom stereocenters. The molecule has 0 fully saturated rings. The lowest BCUT2D eigenvalue weighted by molar-refractivity contribution is 0.475. The molecule has 0 spiro atoms. The second-order valence-corrected chi connectivity index (χ2v) is 5.96. The largest absolute Gasteiger partial charge is 0.457 e. The van der Waals surface area contributed by atoms with E-state index in [1.165, 1.54) is 6.21 Å². The normalized spacial score (nSPS) is 10.6. The van der Waals surface area contributed by atoms with Crippen LogP contribution in [0.3, 0.4) is 0 Å². The van der Waals surface area contributed by atoms with Crippen LogP contribution in [0, 0.1) is 11.3 Å². The van der Waals surface area contributed by atoms with Gasteiger partial charge in [0, 0.05) is 36.1 Å². The Bertz CT molecular complexity index is 658. The van der Waals surface area contributed by atoms with Crippen LogP contribution in [0.4, 0.5) is 5.69 Å². The van der Waals surface area contributed by atoms with Crippen LogP contribution in [-0.2, 0) is 6.54 Å². The summed E-state index contributed by atoms with van der Waals surface area (Å²) < 4.78 is 5.96. The molecule has 122 valence electrons. The Morgan fingerprint density at radius 3 is 2.70 bits per heavy atom. The van der Waals surface area contributed by atoms with E-state index in [2.05, 4.69) is 24.0 Å². The first-order valence-corrected chi connectivity index (χ1v) is 7.99. The number of rotatable bonds is 8. The van der Waals surface area contributed by atoms with Gasteiger partial charge in [-0.05, 0) is 42.0 Å². The van der Waals surface area contributed by atoms with Crippen LogP contribution in [0.5, 0.6) is 11.5 Å². The SMILES string of the molecule is CC(C)CNc1ccc(Oc2ccccc2CNCl)cc1C=N. The minimum Gasteiger partial charge on any atom is -0.457 e. The predicted molar refractivity (Wildman–Crippen MR) is 96.9 cm³/mol. The third-order valence-electron chi connectivity index (χ3n) is 3.34. The van der Waals surface area contributed by atoms with E-state index in [9.17, 15) is 0 Å². The minimum absolute atomic E-state index is 0.517. The Balaban J connectivity index is 2.19. The van der Waals surface area contributed by atoms with Crippen molar-refractivity contribution in [3.8, 4) is 11.5 Å². The highest BCUT2D eigenvalue weighted by molar-refractivity contribution is 6.13. The summed E-state index contributed by atoms with van der Waals surface area (Å²) in [5.74, 6) is 1.99. The van der Waals surface area contributed by atoms with E-state index in [0.29, 0.717) is 18.2 Å². The van der Waals surface area contributed by atoms with Crippen LogP contribution in [0.1, 0.15) is 25.0 Å². The van der Waals surface area contributed by atoms with Gasteiger partial charge in [-0.25, -0.2) is 4.84 Å². The van der Waals surface area contributed by atoms with Gasteiger partial charge in [0.05, 0.1) is 0 Å². The molecule has 0 heterocycles. The van der Waals surface area contributed by atoms with Crippen LogP contribution in [0.25, 0.3) is 0 Å². The minimum atomic E-state index is 0.517. The van der Waals surface area contributed by atoms with E-state index in [1.807, 2.05) is 42.5 Å². The van der Waals surface area contributed by atoms with Crippen LogP contribution in [0.15, 0.2) is 42.5 Å². The Hall–Kier alpha value is -2.04. The highest BCUT2D eigenvalue weighted by Crippen LogP contribution is 2.28. The fraction of sp³-hybridized carbons (Fsp3) is 0.278. The van der Waals surface area contributed by atoms with Crippen molar-refractivity contribution in [2.45, 2.75) is 20.4 Å². The Labute approximate surface area is 142 Å². The molecular formula is C18H22ClN3O. The summed E-state index contributed by atoms with van der Waals surface area (Å²) in [7, 11) is 0. The molecular weight excluding hydrogens is 310 g/mol. The van der Waals surface area contributed by atoms with E-state index in [-0.39, 0.29) is 0 Å². The van der Waals surface area contributed by atoms with E-state index >= 15 is 0 Å². The van der Waals surface area contributed by atoms with Gasteiger partial charge in [0.25, 0.3) is 0 Å². The highest BCUT2D eigenvalue weighted by Gasteiger charge is 2.07. The van der Waals surface area contributed by atoms with E-state index in [0.717, 1.165) is 29.1 Å². The molecule has 0 saturated heterocycles. The number of ether oxygens (including phenoxy) is 1. The third-order valence-corrected chi connectivity index (χ3v) is 3.47. The van der Waals surface area contributed by atoms with Crippen molar-refractivity contribution in [1.82, 2.24) is 4.84 Å². The van der Waals surface area contributed by atoms with Gasteiger partial charge in [-0.1, -0.05) is 32.0 Å². The Kier molecular flexibility index (Phi) is 6.44. The summed E-state index contributed by atoms with van der Waals surface area (Å²) in [6.45, 7) is 5.68. The average molecular weight is 332 g/mol. The first-order valence-electron chi connectivity index (χ1n) is 7.61. The fourth-order valence-corrected chi connectivity index (χ4v) is 2.29. The topological polar surface area (TPSA) is 57.1 Å². The van der Waals surface area contributed by atoms with Crippen LogP contribution in [0.2, 0.25) is 0 Å². The van der Waals surface area contributed by atoms with Gasteiger partial charge in [0.2, 0.25) is 0 Å². The van der Waals surface area contributed by atoms with Crippen molar-refractivity contribution < 1.29 is 4.74 Å². The number of benzene rings is 2. The quantitative estimate of drug-likeness (QED) is 0.481. The summed E-state index contributed by atoms with van der Waals surface area (Å²) in [4.78, 5) is 2.62. The molecule has 0 bridgehead atoms.